The fourth-order valence-corrected chi connectivity index (χ4v) is 3.83. The van der Waals surface area contributed by atoms with E-state index in [0.29, 0.717) is 0 Å². The Hall–Kier alpha value is -3.12. The van der Waals surface area contributed by atoms with E-state index < -0.39 is 12.1 Å². The van der Waals surface area contributed by atoms with Gasteiger partial charge in [0.1, 0.15) is 0 Å². The highest BCUT2D eigenvalue weighted by Crippen LogP contribution is 2.25. The SMILES string of the molecule is Cc1ccc(C(NC(=O)CC(NC(N)=O)c2cccs2)c2ccccc2)cc1. The third-order valence-corrected chi connectivity index (χ3v) is 5.43. The van der Waals surface area contributed by atoms with Crippen molar-refractivity contribution in [1.82, 2.24) is 10.6 Å². The van der Waals surface area contributed by atoms with Crippen LogP contribution in [0.1, 0.15) is 40.1 Å². The lowest BCUT2D eigenvalue weighted by atomic mass is 9.97. The van der Waals surface area contributed by atoms with E-state index in [0.717, 1.165) is 21.6 Å². The Morgan fingerprint density at radius 1 is 0.929 bits per heavy atom. The predicted molar refractivity (Wildman–Crippen MR) is 112 cm³/mol. The van der Waals surface area contributed by atoms with Crippen LogP contribution in [0.25, 0.3) is 0 Å². The average Bonchev–Trinajstić information content (AvgIpc) is 3.22. The van der Waals surface area contributed by atoms with Crippen molar-refractivity contribution in [2.75, 3.05) is 0 Å². The van der Waals surface area contributed by atoms with Crippen LogP contribution in [0.4, 0.5) is 4.79 Å². The molecule has 1 heterocycles. The largest absolute Gasteiger partial charge is 0.352 e. The minimum atomic E-state index is -0.649. The molecule has 0 fully saturated rings. The van der Waals surface area contributed by atoms with E-state index >= 15 is 0 Å². The topological polar surface area (TPSA) is 84.2 Å². The van der Waals surface area contributed by atoms with Crippen LogP contribution in [0.5, 0.6) is 0 Å². The second-order valence-electron chi connectivity index (χ2n) is 6.60. The van der Waals surface area contributed by atoms with Gasteiger partial charge in [-0.25, -0.2) is 4.79 Å². The van der Waals surface area contributed by atoms with Gasteiger partial charge in [0.15, 0.2) is 0 Å². The molecule has 2 unspecified atom stereocenters. The Morgan fingerprint density at radius 2 is 1.61 bits per heavy atom. The van der Waals surface area contributed by atoms with Crippen LogP contribution in [-0.2, 0) is 4.79 Å². The number of hydrogen-bond acceptors (Lipinski definition) is 3. The van der Waals surface area contributed by atoms with Gasteiger partial charge in [-0.05, 0) is 29.5 Å². The minimum absolute atomic E-state index is 0.110. The minimum Gasteiger partial charge on any atom is -0.352 e. The maximum Gasteiger partial charge on any atom is 0.312 e. The van der Waals surface area contributed by atoms with E-state index in [4.69, 9.17) is 5.73 Å². The number of benzene rings is 2. The molecule has 0 saturated heterocycles. The van der Waals surface area contributed by atoms with Crippen molar-refractivity contribution < 1.29 is 9.59 Å². The summed E-state index contributed by atoms with van der Waals surface area (Å²) >= 11 is 1.48. The van der Waals surface area contributed by atoms with Gasteiger partial charge in [0.2, 0.25) is 5.91 Å². The molecule has 0 aliphatic carbocycles. The highest BCUT2D eigenvalue weighted by atomic mass is 32.1. The molecule has 3 amide bonds. The molecule has 0 spiro atoms. The summed E-state index contributed by atoms with van der Waals surface area (Å²) in [5.74, 6) is -0.165. The van der Waals surface area contributed by atoms with E-state index in [1.165, 1.54) is 11.3 Å². The lowest BCUT2D eigenvalue weighted by Gasteiger charge is -2.22. The Morgan fingerprint density at radius 3 is 2.21 bits per heavy atom. The summed E-state index contributed by atoms with van der Waals surface area (Å²) in [6, 6.07) is 20.3. The van der Waals surface area contributed by atoms with Gasteiger partial charge in [-0.2, -0.15) is 0 Å². The molecule has 6 heteroatoms. The van der Waals surface area contributed by atoms with Crippen molar-refractivity contribution in [2.45, 2.75) is 25.4 Å². The lowest BCUT2D eigenvalue weighted by molar-refractivity contribution is -0.122. The fourth-order valence-electron chi connectivity index (χ4n) is 3.05. The van der Waals surface area contributed by atoms with Gasteiger partial charge in [-0.15, -0.1) is 11.3 Å². The molecule has 0 aliphatic rings. The first kappa shape index (κ1) is 19.6. The van der Waals surface area contributed by atoms with Crippen LogP contribution < -0.4 is 16.4 Å². The maximum absolute atomic E-state index is 12.9. The van der Waals surface area contributed by atoms with Gasteiger partial charge in [0, 0.05) is 4.88 Å². The Bertz CT molecular complexity index is 909. The van der Waals surface area contributed by atoms with Crippen LogP contribution >= 0.6 is 11.3 Å². The van der Waals surface area contributed by atoms with Crippen molar-refractivity contribution >= 4 is 23.3 Å². The first-order valence-electron chi connectivity index (χ1n) is 9.03. The molecule has 1 aromatic heterocycles. The van der Waals surface area contributed by atoms with Crippen LogP contribution in [0.15, 0.2) is 72.1 Å². The molecule has 144 valence electrons. The number of primary amides is 1. The first-order chi connectivity index (χ1) is 13.5. The summed E-state index contributed by atoms with van der Waals surface area (Å²) in [7, 11) is 0. The highest BCUT2D eigenvalue weighted by molar-refractivity contribution is 7.10. The number of hydrogen-bond donors (Lipinski definition) is 3. The van der Waals surface area contributed by atoms with Crippen LogP contribution in [0.3, 0.4) is 0 Å². The number of amides is 3. The molecule has 0 bridgehead atoms. The van der Waals surface area contributed by atoms with Gasteiger partial charge in [0.25, 0.3) is 0 Å². The molecule has 3 aromatic rings. The standard InChI is InChI=1S/C22H23N3O2S/c1-15-9-11-17(12-10-15)21(16-6-3-2-4-7-16)25-20(26)14-18(24-22(23)27)19-8-5-13-28-19/h2-13,18,21H,14H2,1H3,(H,25,26)(H3,23,24,27). The number of nitrogens with one attached hydrogen (secondary N) is 2. The summed E-state index contributed by atoms with van der Waals surface area (Å²) < 4.78 is 0. The molecule has 28 heavy (non-hydrogen) atoms. The number of rotatable bonds is 7. The maximum atomic E-state index is 12.9. The van der Waals surface area contributed by atoms with E-state index in [1.807, 2.05) is 79.0 Å². The smallest absolute Gasteiger partial charge is 0.312 e. The number of nitrogens with two attached hydrogens (primary N) is 1. The van der Waals surface area contributed by atoms with Gasteiger partial charge in [-0.3, -0.25) is 4.79 Å². The summed E-state index contributed by atoms with van der Waals surface area (Å²) in [5.41, 5.74) is 8.45. The Kier molecular flexibility index (Phi) is 6.45. The summed E-state index contributed by atoms with van der Waals surface area (Å²) in [6.45, 7) is 2.03. The number of carbonyl (C=O) groups is 2. The highest BCUT2D eigenvalue weighted by Gasteiger charge is 2.22. The summed E-state index contributed by atoms with van der Waals surface area (Å²) in [6.07, 6.45) is 0.110. The fraction of sp³-hybridized carbons (Fsp3) is 0.182. The van der Waals surface area contributed by atoms with Crippen LogP contribution in [-0.4, -0.2) is 11.9 Å². The van der Waals surface area contributed by atoms with Crippen molar-refractivity contribution in [3.63, 3.8) is 0 Å². The number of carbonyl (C=O) groups excluding carboxylic acids is 2. The summed E-state index contributed by atoms with van der Waals surface area (Å²) in [4.78, 5) is 25.1. The normalized spacial score (nSPS) is 12.8. The van der Waals surface area contributed by atoms with Gasteiger partial charge in [-0.1, -0.05) is 66.2 Å². The van der Waals surface area contributed by atoms with E-state index in [1.54, 1.807) is 0 Å². The molecular formula is C22H23N3O2S. The lowest BCUT2D eigenvalue weighted by Crippen LogP contribution is -2.37. The Balaban J connectivity index is 1.80. The zero-order valence-corrected chi connectivity index (χ0v) is 16.4. The molecule has 4 N–H and O–H groups in total. The zero-order chi connectivity index (χ0) is 19.9. The van der Waals surface area contributed by atoms with Gasteiger partial charge >= 0.3 is 6.03 Å². The zero-order valence-electron chi connectivity index (χ0n) is 15.6. The molecule has 2 aromatic carbocycles. The Labute approximate surface area is 168 Å². The first-order valence-corrected chi connectivity index (χ1v) is 9.91. The van der Waals surface area contributed by atoms with E-state index in [2.05, 4.69) is 10.6 Å². The molecule has 0 saturated carbocycles. The molecule has 5 nitrogen and oxygen atoms in total. The van der Waals surface area contributed by atoms with Crippen LogP contribution in [0, 0.1) is 6.92 Å². The molecule has 0 radical (unpaired) electrons. The van der Waals surface area contributed by atoms with Gasteiger partial charge in [0.05, 0.1) is 18.5 Å². The van der Waals surface area contributed by atoms with E-state index in [9.17, 15) is 9.59 Å². The van der Waals surface area contributed by atoms with Crippen molar-refractivity contribution in [3.05, 3.63) is 93.7 Å². The predicted octanol–water partition coefficient (Wildman–Crippen LogP) is 4.06. The van der Waals surface area contributed by atoms with E-state index in [-0.39, 0.29) is 18.4 Å². The van der Waals surface area contributed by atoms with Crippen molar-refractivity contribution in [3.8, 4) is 0 Å². The molecule has 2 atom stereocenters. The third-order valence-electron chi connectivity index (χ3n) is 4.44. The summed E-state index contributed by atoms with van der Waals surface area (Å²) in [5, 5.41) is 7.67. The van der Waals surface area contributed by atoms with Crippen molar-refractivity contribution in [2.24, 2.45) is 5.73 Å². The second kappa shape index (κ2) is 9.19. The number of aryl methyl sites for hydroxylation is 1. The number of thiophene rings is 1. The van der Waals surface area contributed by atoms with Gasteiger partial charge < -0.3 is 16.4 Å². The van der Waals surface area contributed by atoms with Crippen molar-refractivity contribution in [1.29, 1.82) is 0 Å². The second-order valence-corrected chi connectivity index (χ2v) is 7.58. The third kappa shape index (κ3) is 5.20. The molecular weight excluding hydrogens is 370 g/mol. The molecule has 3 rings (SSSR count). The number of urea groups is 1. The quantitative estimate of drug-likeness (QED) is 0.565. The monoisotopic (exact) mass is 393 g/mol. The van der Waals surface area contributed by atoms with Crippen LogP contribution in [0.2, 0.25) is 0 Å². The average molecular weight is 394 g/mol. The molecule has 0 aliphatic heterocycles.